The van der Waals surface area contributed by atoms with Gasteiger partial charge in [-0.25, -0.2) is 0 Å². The minimum atomic E-state index is 0.658. The summed E-state index contributed by atoms with van der Waals surface area (Å²) in [6.45, 7) is 6.39. The zero-order valence-corrected chi connectivity index (χ0v) is 14.7. The van der Waals surface area contributed by atoms with Crippen molar-refractivity contribution in [3.8, 4) is 11.5 Å². The first kappa shape index (κ1) is 16.6. The van der Waals surface area contributed by atoms with Gasteiger partial charge < -0.3 is 14.8 Å². The zero-order valence-electron chi connectivity index (χ0n) is 13.1. The Bertz CT molecular complexity index is 468. The van der Waals surface area contributed by atoms with Crippen LogP contribution in [0.4, 0.5) is 0 Å². The molecule has 1 aromatic carbocycles. The summed E-state index contributed by atoms with van der Waals surface area (Å²) in [4.78, 5) is 2.55. The molecule has 0 saturated carbocycles. The Kier molecular flexibility index (Phi) is 6.33. The quantitative estimate of drug-likeness (QED) is 0.813. The second-order valence-corrected chi connectivity index (χ2v) is 6.17. The Labute approximate surface area is 135 Å². The molecular weight excluding hydrogens is 332 g/mol. The summed E-state index contributed by atoms with van der Waals surface area (Å²) in [6.07, 6.45) is 2.60. The molecule has 0 aromatic heterocycles. The van der Waals surface area contributed by atoms with Crippen molar-refractivity contribution in [2.45, 2.75) is 32.4 Å². The van der Waals surface area contributed by atoms with Gasteiger partial charge in [-0.05, 0) is 38.1 Å². The number of likely N-dealkylation sites (tertiary alicyclic amines) is 1. The number of rotatable bonds is 7. The van der Waals surface area contributed by atoms with E-state index >= 15 is 0 Å². The number of halogens is 1. The number of benzene rings is 1. The third-order valence-electron chi connectivity index (χ3n) is 4.18. The van der Waals surface area contributed by atoms with Gasteiger partial charge in [0.1, 0.15) is 0 Å². The smallest absolute Gasteiger partial charge is 0.166 e. The molecule has 118 valence electrons. The largest absolute Gasteiger partial charge is 0.493 e. The third-order valence-corrected chi connectivity index (χ3v) is 4.92. The Morgan fingerprint density at radius 2 is 2.14 bits per heavy atom. The molecule has 2 rings (SSSR count). The van der Waals surface area contributed by atoms with Crippen LogP contribution in [-0.2, 0) is 6.54 Å². The summed E-state index contributed by atoms with van der Waals surface area (Å²) in [5.41, 5.74) is 1.11. The minimum absolute atomic E-state index is 0.658. The Morgan fingerprint density at radius 1 is 1.33 bits per heavy atom. The maximum Gasteiger partial charge on any atom is 0.166 e. The summed E-state index contributed by atoms with van der Waals surface area (Å²) in [6, 6.07) is 4.58. The number of hydrogen-bond donors (Lipinski definition) is 1. The van der Waals surface area contributed by atoms with Crippen molar-refractivity contribution in [1.29, 1.82) is 0 Å². The van der Waals surface area contributed by atoms with Crippen LogP contribution in [0.25, 0.3) is 0 Å². The van der Waals surface area contributed by atoms with Crippen molar-refractivity contribution in [1.82, 2.24) is 10.2 Å². The summed E-state index contributed by atoms with van der Waals surface area (Å²) < 4.78 is 11.9. The van der Waals surface area contributed by atoms with E-state index in [1.807, 2.05) is 12.1 Å². The first-order valence-electron chi connectivity index (χ1n) is 7.55. The standard InChI is InChI=1S/C16H25BrN2O2/c1-4-19-9-5-6-12(19)10-18-11-13-14(17)7-8-15(20-2)16(13)21-3/h7-8,12,18H,4-6,9-11H2,1-3H3. The van der Waals surface area contributed by atoms with E-state index in [-0.39, 0.29) is 0 Å². The van der Waals surface area contributed by atoms with Crippen molar-refractivity contribution < 1.29 is 9.47 Å². The summed E-state index contributed by atoms with van der Waals surface area (Å²) in [7, 11) is 3.35. The molecule has 1 aliphatic heterocycles. The van der Waals surface area contributed by atoms with E-state index in [1.54, 1.807) is 14.2 Å². The molecule has 1 fully saturated rings. The lowest BCUT2D eigenvalue weighted by atomic mass is 10.1. The number of nitrogens with zero attached hydrogens (tertiary/aromatic N) is 1. The Morgan fingerprint density at radius 3 is 2.81 bits per heavy atom. The molecule has 0 spiro atoms. The summed E-state index contributed by atoms with van der Waals surface area (Å²) in [5, 5.41) is 3.57. The summed E-state index contributed by atoms with van der Waals surface area (Å²) >= 11 is 3.60. The molecule has 1 aromatic rings. The number of methoxy groups -OCH3 is 2. The van der Waals surface area contributed by atoms with Gasteiger partial charge in [-0.15, -0.1) is 0 Å². The highest BCUT2D eigenvalue weighted by molar-refractivity contribution is 9.10. The molecule has 1 heterocycles. The number of hydrogen-bond acceptors (Lipinski definition) is 4. The lowest BCUT2D eigenvalue weighted by Gasteiger charge is -2.23. The Hall–Kier alpha value is -0.780. The predicted molar refractivity (Wildman–Crippen MR) is 89.2 cm³/mol. The van der Waals surface area contributed by atoms with E-state index in [0.717, 1.165) is 41.2 Å². The van der Waals surface area contributed by atoms with E-state index in [4.69, 9.17) is 9.47 Å². The Balaban J connectivity index is 1.99. The van der Waals surface area contributed by atoms with Crippen molar-refractivity contribution >= 4 is 15.9 Å². The third kappa shape index (κ3) is 3.90. The van der Waals surface area contributed by atoms with Gasteiger partial charge >= 0.3 is 0 Å². The molecular formula is C16H25BrN2O2. The van der Waals surface area contributed by atoms with E-state index < -0.39 is 0 Å². The van der Waals surface area contributed by atoms with Crippen LogP contribution in [0.15, 0.2) is 16.6 Å². The molecule has 1 aliphatic rings. The topological polar surface area (TPSA) is 33.7 Å². The lowest BCUT2D eigenvalue weighted by molar-refractivity contribution is 0.259. The number of likely N-dealkylation sites (N-methyl/N-ethyl adjacent to an activating group) is 1. The first-order chi connectivity index (χ1) is 10.2. The van der Waals surface area contributed by atoms with Crippen LogP contribution < -0.4 is 14.8 Å². The highest BCUT2D eigenvalue weighted by atomic mass is 79.9. The minimum Gasteiger partial charge on any atom is -0.493 e. The van der Waals surface area contributed by atoms with E-state index in [1.165, 1.54) is 19.4 Å². The molecule has 1 N–H and O–H groups in total. The van der Waals surface area contributed by atoms with Crippen LogP contribution in [-0.4, -0.2) is 44.8 Å². The number of nitrogens with one attached hydrogen (secondary N) is 1. The van der Waals surface area contributed by atoms with Gasteiger partial charge in [0.15, 0.2) is 11.5 Å². The van der Waals surface area contributed by atoms with Crippen LogP contribution in [0.5, 0.6) is 11.5 Å². The molecule has 1 atom stereocenters. The van der Waals surface area contributed by atoms with Crippen molar-refractivity contribution in [3.05, 3.63) is 22.2 Å². The molecule has 5 heteroatoms. The molecule has 0 amide bonds. The molecule has 0 aliphatic carbocycles. The van der Waals surface area contributed by atoms with Gasteiger partial charge in [-0.1, -0.05) is 22.9 Å². The molecule has 0 radical (unpaired) electrons. The maximum atomic E-state index is 5.51. The molecule has 21 heavy (non-hydrogen) atoms. The van der Waals surface area contributed by atoms with Crippen LogP contribution in [0.1, 0.15) is 25.3 Å². The monoisotopic (exact) mass is 356 g/mol. The highest BCUT2D eigenvalue weighted by Gasteiger charge is 2.22. The highest BCUT2D eigenvalue weighted by Crippen LogP contribution is 2.35. The lowest BCUT2D eigenvalue weighted by Crippen LogP contribution is -2.37. The second kappa shape index (κ2) is 8.01. The van der Waals surface area contributed by atoms with Crippen molar-refractivity contribution in [2.75, 3.05) is 33.9 Å². The fourth-order valence-electron chi connectivity index (χ4n) is 3.04. The van der Waals surface area contributed by atoms with Crippen LogP contribution in [0.2, 0.25) is 0 Å². The van der Waals surface area contributed by atoms with E-state index in [2.05, 4.69) is 33.1 Å². The average Bonchev–Trinajstić information content (AvgIpc) is 2.96. The predicted octanol–water partition coefficient (Wildman–Crippen LogP) is 3.04. The first-order valence-corrected chi connectivity index (χ1v) is 8.34. The fourth-order valence-corrected chi connectivity index (χ4v) is 3.49. The van der Waals surface area contributed by atoms with Crippen molar-refractivity contribution in [3.63, 3.8) is 0 Å². The van der Waals surface area contributed by atoms with E-state index in [0.29, 0.717) is 6.04 Å². The fraction of sp³-hybridized carbons (Fsp3) is 0.625. The average molecular weight is 357 g/mol. The van der Waals surface area contributed by atoms with Gasteiger partial charge in [0, 0.05) is 29.2 Å². The SMILES string of the molecule is CCN1CCCC1CNCc1c(Br)ccc(OC)c1OC. The van der Waals surface area contributed by atoms with Gasteiger partial charge in [0.2, 0.25) is 0 Å². The van der Waals surface area contributed by atoms with Gasteiger partial charge in [-0.2, -0.15) is 0 Å². The molecule has 1 saturated heterocycles. The van der Waals surface area contributed by atoms with Crippen LogP contribution in [0, 0.1) is 0 Å². The maximum absolute atomic E-state index is 5.51. The molecule has 1 unspecified atom stereocenters. The van der Waals surface area contributed by atoms with E-state index in [9.17, 15) is 0 Å². The van der Waals surface area contributed by atoms with Gasteiger partial charge in [-0.3, -0.25) is 4.90 Å². The summed E-state index contributed by atoms with van der Waals surface area (Å²) in [5.74, 6) is 1.58. The normalized spacial score (nSPS) is 19.0. The second-order valence-electron chi connectivity index (χ2n) is 5.32. The van der Waals surface area contributed by atoms with Crippen LogP contribution >= 0.6 is 15.9 Å². The zero-order chi connectivity index (χ0) is 15.2. The van der Waals surface area contributed by atoms with Crippen LogP contribution in [0.3, 0.4) is 0 Å². The van der Waals surface area contributed by atoms with Gasteiger partial charge in [0.05, 0.1) is 14.2 Å². The number of ether oxygens (including phenoxy) is 2. The van der Waals surface area contributed by atoms with Gasteiger partial charge in [0.25, 0.3) is 0 Å². The van der Waals surface area contributed by atoms with Crippen molar-refractivity contribution in [2.24, 2.45) is 0 Å². The molecule has 0 bridgehead atoms. The molecule has 4 nitrogen and oxygen atoms in total.